The van der Waals surface area contributed by atoms with Crippen LogP contribution in [0.5, 0.6) is 0 Å². The van der Waals surface area contributed by atoms with Crippen molar-refractivity contribution in [3.05, 3.63) is 32.3 Å². The minimum absolute atomic E-state index is 0.431. The largest absolute Gasteiger partial charge is 0.384 e. The molecular formula is C14H15BrCl2N2O. The second-order valence-corrected chi connectivity index (χ2v) is 6.01. The molecule has 20 heavy (non-hydrogen) atoms. The van der Waals surface area contributed by atoms with Gasteiger partial charge in [-0.05, 0) is 34.5 Å². The Hall–Kier alpha value is -0.550. The highest BCUT2D eigenvalue weighted by Crippen LogP contribution is 2.39. The molecule has 0 aliphatic carbocycles. The Morgan fingerprint density at radius 2 is 2.05 bits per heavy atom. The Balaban J connectivity index is 2.67. The van der Waals surface area contributed by atoms with Gasteiger partial charge >= 0.3 is 0 Å². The van der Waals surface area contributed by atoms with E-state index in [1.54, 1.807) is 7.11 Å². The molecule has 0 aliphatic rings. The summed E-state index contributed by atoms with van der Waals surface area (Å²) in [5.41, 5.74) is 2.50. The van der Waals surface area contributed by atoms with Gasteiger partial charge in [0.25, 0.3) is 0 Å². The Morgan fingerprint density at radius 3 is 2.70 bits per heavy atom. The van der Waals surface area contributed by atoms with Gasteiger partial charge in [-0.2, -0.15) is 0 Å². The second-order valence-electron chi connectivity index (χ2n) is 4.40. The lowest BCUT2D eigenvalue weighted by Crippen LogP contribution is -2.03. The van der Waals surface area contributed by atoms with Crippen molar-refractivity contribution in [3.63, 3.8) is 0 Å². The van der Waals surface area contributed by atoms with Crippen LogP contribution in [0.2, 0.25) is 10.0 Å². The molecule has 0 saturated carbocycles. The Morgan fingerprint density at radius 1 is 1.30 bits per heavy atom. The minimum atomic E-state index is 0.431. The molecule has 1 aromatic carbocycles. The first-order valence-corrected chi connectivity index (χ1v) is 7.83. The number of nitrogens with zero attached hydrogens (tertiary/aromatic N) is 1. The predicted octanol–water partition coefficient (Wildman–Crippen LogP) is 5.27. The van der Waals surface area contributed by atoms with Crippen molar-refractivity contribution in [1.82, 2.24) is 4.98 Å². The van der Waals surface area contributed by atoms with Crippen molar-refractivity contribution in [1.29, 1.82) is 0 Å². The lowest BCUT2D eigenvalue weighted by atomic mass is 10.1. The second kappa shape index (κ2) is 6.94. The van der Waals surface area contributed by atoms with Crippen LogP contribution >= 0.6 is 39.1 Å². The molecule has 6 heteroatoms. The number of benzene rings is 1. The molecule has 2 rings (SSSR count). The zero-order valence-corrected chi connectivity index (χ0v) is 14.4. The Bertz CT molecular complexity index is 634. The van der Waals surface area contributed by atoms with Crippen LogP contribution in [0.4, 0.5) is 5.69 Å². The molecule has 0 saturated heterocycles. The zero-order chi connectivity index (χ0) is 14.7. The molecular weight excluding hydrogens is 363 g/mol. The standard InChI is InChI=1S/C14H15BrCl2N2O/c1-3-4-18-11-5-8(7-20-2)19-14-9(11)6-10(15)12(16)13(14)17/h5-6H,3-4,7H2,1-2H3,(H,18,19). The SMILES string of the molecule is CCCNc1cc(COC)nc2c(Cl)c(Cl)c(Br)cc12. The summed E-state index contributed by atoms with van der Waals surface area (Å²) in [6.07, 6.45) is 1.03. The molecule has 1 heterocycles. The Kier molecular flexibility index (Phi) is 5.49. The van der Waals surface area contributed by atoms with Crippen LogP contribution in [-0.2, 0) is 11.3 Å². The lowest BCUT2D eigenvalue weighted by Gasteiger charge is -2.13. The van der Waals surface area contributed by atoms with Gasteiger partial charge in [0.15, 0.2) is 0 Å². The number of hydrogen-bond donors (Lipinski definition) is 1. The predicted molar refractivity (Wildman–Crippen MR) is 89.0 cm³/mol. The maximum absolute atomic E-state index is 6.32. The number of halogens is 3. The highest BCUT2D eigenvalue weighted by molar-refractivity contribution is 9.10. The molecule has 2 aromatic rings. The maximum atomic E-state index is 6.32. The quantitative estimate of drug-likeness (QED) is 0.720. The van der Waals surface area contributed by atoms with E-state index < -0.39 is 0 Å². The molecule has 0 bridgehead atoms. The number of nitrogens with one attached hydrogen (secondary N) is 1. The maximum Gasteiger partial charge on any atom is 0.0929 e. The number of methoxy groups -OCH3 is 1. The topological polar surface area (TPSA) is 34.1 Å². The summed E-state index contributed by atoms with van der Waals surface area (Å²) >= 11 is 15.9. The summed E-state index contributed by atoms with van der Waals surface area (Å²) in [4.78, 5) is 4.53. The molecule has 0 spiro atoms. The molecule has 0 fully saturated rings. The van der Waals surface area contributed by atoms with Gasteiger partial charge in [0.1, 0.15) is 0 Å². The minimum Gasteiger partial charge on any atom is -0.384 e. The van der Waals surface area contributed by atoms with Gasteiger partial charge < -0.3 is 10.1 Å². The van der Waals surface area contributed by atoms with Crippen LogP contribution in [0.3, 0.4) is 0 Å². The average Bonchev–Trinajstić information content (AvgIpc) is 2.44. The van der Waals surface area contributed by atoms with Gasteiger partial charge in [-0.25, -0.2) is 4.98 Å². The number of pyridine rings is 1. The van der Waals surface area contributed by atoms with E-state index in [4.69, 9.17) is 27.9 Å². The molecule has 0 radical (unpaired) electrons. The molecule has 1 N–H and O–H groups in total. The van der Waals surface area contributed by atoms with Crippen LogP contribution in [-0.4, -0.2) is 18.6 Å². The first kappa shape index (κ1) is 15.8. The first-order chi connectivity index (χ1) is 9.58. The zero-order valence-electron chi connectivity index (χ0n) is 11.3. The van der Waals surface area contributed by atoms with Crippen molar-refractivity contribution >= 4 is 55.7 Å². The number of hydrogen-bond acceptors (Lipinski definition) is 3. The third-order valence-electron chi connectivity index (χ3n) is 2.85. The van der Waals surface area contributed by atoms with Gasteiger partial charge in [0, 0.05) is 29.2 Å². The van der Waals surface area contributed by atoms with Gasteiger partial charge in [-0.15, -0.1) is 0 Å². The Labute approximate surface area is 136 Å². The summed E-state index contributed by atoms with van der Waals surface area (Å²) in [5, 5.41) is 5.26. The van der Waals surface area contributed by atoms with E-state index in [9.17, 15) is 0 Å². The van der Waals surface area contributed by atoms with E-state index in [-0.39, 0.29) is 0 Å². The molecule has 1 aromatic heterocycles. The van der Waals surface area contributed by atoms with Gasteiger partial charge in [-0.3, -0.25) is 0 Å². The fraction of sp³-hybridized carbons (Fsp3) is 0.357. The summed E-state index contributed by atoms with van der Waals surface area (Å²) in [6.45, 7) is 3.43. The molecule has 0 amide bonds. The monoisotopic (exact) mass is 376 g/mol. The molecule has 0 unspecified atom stereocenters. The fourth-order valence-electron chi connectivity index (χ4n) is 1.95. The highest BCUT2D eigenvalue weighted by Gasteiger charge is 2.14. The lowest BCUT2D eigenvalue weighted by molar-refractivity contribution is 0.182. The average molecular weight is 378 g/mol. The van der Waals surface area contributed by atoms with Crippen LogP contribution in [0, 0.1) is 0 Å². The van der Waals surface area contributed by atoms with Crippen LogP contribution in [0.15, 0.2) is 16.6 Å². The van der Waals surface area contributed by atoms with Crippen molar-refractivity contribution in [2.45, 2.75) is 20.0 Å². The van der Waals surface area contributed by atoms with E-state index >= 15 is 0 Å². The van der Waals surface area contributed by atoms with Gasteiger partial charge in [-0.1, -0.05) is 30.1 Å². The summed E-state index contributed by atoms with van der Waals surface area (Å²) in [7, 11) is 1.64. The van der Waals surface area contributed by atoms with Gasteiger partial charge in [0.05, 0.1) is 27.9 Å². The summed E-state index contributed by atoms with van der Waals surface area (Å²) < 4.78 is 5.92. The number of ether oxygens (including phenoxy) is 1. The first-order valence-electron chi connectivity index (χ1n) is 6.28. The normalized spacial score (nSPS) is 11.1. The van der Waals surface area contributed by atoms with Crippen molar-refractivity contribution in [2.75, 3.05) is 19.0 Å². The van der Waals surface area contributed by atoms with Crippen LogP contribution < -0.4 is 5.32 Å². The van der Waals surface area contributed by atoms with Crippen LogP contribution in [0.1, 0.15) is 19.0 Å². The number of anilines is 1. The number of fused-ring (bicyclic) bond motifs is 1. The summed E-state index contributed by atoms with van der Waals surface area (Å²) in [5.74, 6) is 0. The summed E-state index contributed by atoms with van der Waals surface area (Å²) in [6, 6.07) is 3.92. The van der Waals surface area contributed by atoms with Crippen molar-refractivity contribution in [2.24, 2.45) is 0 Å². The molecule has 0 aliphatic heterocycles. The fourth-order valence-corrected chi connectivity index (χ4v) is 2.88. The molecule has 0 atom stereocenters. The third-order valence-corrected chi connectivity index (χ3v) is 4.56. The smallest absolute Gasteiger partial charge is 0.0929 e. The van der Waals surface area contributed by atoms with E-state index in [2.05, 4.69) is 33.2 Å². The van der Waals surface area contributed by atoms with Crippen molar-refractivity contribution < 1.29 is 4.74 Å². The molecule has 108 valence electrons. The van der Waals surface area contributed by atoms with Gasteiger partial charge in [0.2, 0.25) is 0 Å². The van der Waals surface area contributed by atoms with E-state index in [1.807, 2.05) is 12.1 Å². The van der Waals surface area contributed by atoms with E-state index in [1.165, 1.54) is 0 Å². The van der Waals surface area contributed by atoms with E-state index in [0.717, 1.165) is 34.2 Å². The molecule has 3 nitrogen and oxygen atoms in total. The van der Waals surface area contributed by atoms with Crippen molar-refractivity contribution in [3.8, 4) is 0 Å². The number of aromatic nitrogens is 1. The van der Waals surface area contributed by atoms with E-state index in [0.29, 0.717) is 22.2 Å². The number of rotatable bonds is 5. The highest BCUT2D eigenvalue weighted by atomic mass is 79.9. The third kappa shape index (κ3) is 3.19. The van der Waals surface area contributed by atoms with Crippen LogP contribution in [0.25, 0.3) is 10.9 Å².